The van der Waals surface area contributed by atoms with Crippen molar-refractivity contribution in [2.45, 2.75) is 56.1 Å². The maximum atomic E-state index is 12.6. The number of carbonyl (C=O) groups is 2. The minimum absolute atomic E-state index is 0.132. The lowest BCUT2D eigenvalue weighted by molar-refractivity contribution is -0.138. The molecule has 1 aromatic rings. The van der Waals surface area contributed by atoms with Crippen molar-refractivity contribution >= 4 is 33.1 Å². The monoisotopic (exact) mass is 537 g/mol. The molecule has 0 saturated carbocycles. The van der Waals surface area contributed by atoms with Crippen LogP contribution >= 0.6 is 0 Å². The number of nitrogens with one attached hydrogen (secondary N) is 1. The minimum Gasteiger partial charge on any atom is -0.743 e. The van der Waals surface area contributed by atoms with E-state index in [-0.39, 0.29) is 24.1 Å². The summed E-state index contributed by atoms with van der Waals surface area (Å²) in [6.45, 7) is 9.09. The van der Waals surface area contributed by atoms with Gasteiger partial charge in [0.15, 0.2) is 21.6 Å². The van der Waals surface area contributed by atoms with Gasteiger partial charge in [-0.2, -0.15) is 8.78 Å². The van der Waals surface area contributed by atoms with E-state index in [1.807, 2.05) is 5.32 Å². The Morgan fingerprint density at radius 2 is 1.66 bits per heavy atom. The second kappa shape index (κ2) is 13.2. The zero-order valence-electron chi connectivity index (χ0n) is 20.4. The van der Waals surface area contributed by atoms with E-state index < -0.39 is 34.0 Å². The number of amides is 1. The zero-order chi connectivity index (χ0) is 26.9. The van der Waals surface area contributed by atoms with Crippen molar-refractivity contribution in [2.75, 3.05) is 31.3 Å². The van der Waals surface area contributed by atoms with Gasteiger partial charge >= 0.3 is 17.3 Å². The van der Waals surface area contributed by atoms with Crippen LogP contribution in [0.1, 0.15) is 46.1 Å². The van der Waals surface area contributed by atoms with Gasteiger partial charge in [0.05, 0.1) is 6.54 Å². The molecule has 8 nitrogen and oxygen atoms in total. The number of ether oxygens (including phenoxy) is 2. The molecule has 0 radical (unpaired) electrons. The maximum absolute atomic E-state index is 12.6. The Kier molecular flexibility index (Phi) is 11.7. The second-order valence-electron chi connectivity index (χ2n) is 8.89. The van der Waals surface area contributed by atoms with E-state index >= 15 is 0 Å². The summed E-state index contributed by atoms with van der Waals surface area (Å²) in [5, 5.41) is -2.81. The lowest BCUT2D eigenvalue weighted by atomic mass is 9.87. The minimum atomic E-state index is -5.91. The zero-order valence-corrected chi connectivity index (χ0v) is 22.0. The van der Waals surface area contributed by atoms with Gasteiger partial charge < -0.3 is 19.3 Å². The fraction of sp³-hybridized carbons (Fsp3) is 0.565. The van der Waals surface area contributed by atoms with E-state index in [2.05, 4.69) is 61.1 Å². The van der Waals surface area contributed by atoms with E-state index in [9.17, 15) is 31.3 Å². The summed E-state index contributed by atoms with van der Waals surface area (Å²) >= 11 is 0. The molecule has 1 amide bonds. The van der Waals surface area contributed by atoms with Crippen LogP contribution in [-0.2, 0) is 40.7 Å². The Morgan fingerprint density at radius 1 is 1.11 bits per heavy atom. The van der Waals surface area contributed by atoms with Crippen molar-refractivity contribution in [1.29, 1.82) is 0 Å². The number of hydrogen-bond acceptors (Lipinski definition) is 7. The van der Waals surface area contributed by atoms with Crippen molar-refractivity contribution < 1.29 is 40.8 Å². The first kappa shape index (κ1) is 30.9. The Morgan fingerprint density at radius 3 is 2.11 bits per heavy atom. The number of halogens is 2. The van der Waals surface area contributed by atoms with Gasteiger partial charge in [0.1, 0.15) is 18.1 Å². The lowest BCUT2D eigenvalue weighted by Crippen LogP contribution is -2.37. The Hall–Kier alpha value is -2.18. The van der Waals surface area contributed by atoms with Crippen LogP contribution in [0.2, 0.25) is 0 Å². The highest BCUT2D eigenvalue weighted by Crippen LogP contribution is 2.27. The molecule has 0 spiro atoms. The van der Waals surface area contributed by atoms with Crippen LogP contribution in [0.25, 0.3) is 0 Å². The average molecular weight is 538 g/mol. The van der Waals surface area contributed by atoms with Crippen LogP contribution in [-0.4, -0.2) is 61.6 Å². The third kappa shape index (κ3) is 11.0. The fourth-order valence-corrected chi connectivity index (χ4v) is 5.24. The molecule has 1 N–H and O–H groups in total. The Balaban J connectivity index is 0.000000362. The lowest BCUT2D eigenvalue weighted by Gasteiger charge is -2.19. The molecule has 1 aromatic carbocycles. The first-order chi connectivity index (χ1) is 16.0. The molecule has 1 heterocycles. The quantitative estimate of drug-likeness (QED) is 0.176. The van der Waals surface area contributed by atoms with Crippen LogP contribution in [0.5, 0.6) is 0 Å². The summed E-state index contributed by atoms with van der Waals surface area (Å²) in [5.41, 5.74) is 1.87. The van der Waals surface area contributed by atoms with Crippen molar-refractivity contribution in [3.05, 3.63) is 42.0 Å². The van der Waals surface area contributed by atoms with E-state index in [1.165, 1.54) is 36.8 Å². The number of rotatable bonds is 8. The highest BCUT2D eigenvalue weighted by Gasteiger charge is 2.39. The van der Waals surface area contributed by atoms with Gasteiger partial charge in [0.2, 0.25) is 0 Å². The van der Waals surface area contributed by atoms with Crippen LogP contribution in [0.3, 0.4) is 0 Å². The number of esters is 1. The number of alkyl halides is 2. The molecule has 1 aliphatic heterocycles. The number of hydrogen-bond donors (Lipinski definition) is 1. The van der Waals surface area contributed by atoms with E-state index in [0.717, 1.165) is 0 Å². The summed E-state index contributed by atoms with van der Waals surface area (Å²) < 4.78 is 63.8. The van der Waals surface area contributed by atoms with Crippen LogP contribution in [0, 0.1) is 0 Å². The number of benzene rings is 1. The predicted molar refractivity (Wildman–Crippen MR) is 130 cm³/mol. The van der Waals surface area contributed by atoms with E-state index in [4.69, 9.17) is 0 Å². The first-order valence-corrected chi connectivity index (χ1v) is 13.9. The molecule has 1 fully saturated rings. The normalized spacial score (nSPS) is 14.5. The van der Waals surface area contributed by atoms with Gasteiger partial charge in [-0.25, -0.2) is 18.0 Å². The molecular formula is C23H33F2NO7S2. The summed E-state index contributed by atoms with van der Waals surface area (Å²) in [6.07, 6.45) is 1.48. The Bertz CT molecular complexity index is 969. The van der Waals surface area contributed by atoms with Gasteiger partial charge in [-0.05, 0) is 42.9 Å². The molecule has 1 saturated heterocycles. The van der Waals surface area contributed by atoms with Crippen LogP contribution < -0.4 is 5.32 Å². The van der Waals surface area contributed by atoms with Crippen molar-refractivity contribution in [3.63, 3.8) is 0 Å². The standard InChI is InChI=1S/C14H21S.C9H13F2NO7S/c1-14(2,3)12-6-8-13(9-7-12)15-10-4-5-11-15;1-6(2)7(13)18-4-3-12-8(14)19-5-9(10,11)20(15,16)17/h6-9H,4-5,10-11H2,1-3H3;1,3-5H2,2H3,(H,12,14)(H,15,16,17)/q+1;/p-1. The largest absolute Gasteiger partial charge is 0.743 e. The molecule has 2 rings (SSSR count). The topological polar surface area (TPSA) is 122 Å². The predicted octanol–water partition coefficient (Wildman–Crippen LogP) is 3.73. The van der Waals surface area contributed by atoms with Crippen LogP contribution in [0.15, 0.2) is 41.3 Å². The molecule has 0 aliphatic carbocycles. The smallest absolute Gasteiger partial charge is 0.407 e. The second-order valence-corrected chi connectivity index (χ2v) is 12.7. The fourth-order valence-electron chi connectivity index (χ4n) is 2.73. The summed E-state index contributed by atoms with van der Waals surface area (Å²) in [4.78, 5) is 23.3. The third-order valence-electron chi connectivity index (χ3n) is 4.78. The molecule has 198 valence electrons. The SMILES string of the molecule is C=C(C)C(=O)OCCNC(=O)OCC(F)(F)S(=O)(=O)[O-].CC(C)(C)c1ccc([S+]2CCCC2)cc1. The van der Waals surface area contributed by atoms with Gasteiger partial charge in [-0.1, -0.05) is 39.5 Å². The van der Waals surface area contributed by atoms with Crippen molar-refractivity contribution in [3.8, 4) is 0 Å². The number of carbonyl (C=O) groups excluding carboxylic acids is 2. The van der Waals surface area contributed by atoms with Gasteiger partial charge in [0.25, 0.3) is 0 Å². The molecule has 0 unspecified atom stereocenters. The molecular weight excluding hydrogens is 504 g/mol. The highest BCUT2D eigenvalue weighted by molar-refractivity contribution is 7.97. The van der Waals surface area contributed by atoms with Gasteiger partial charge in [-0.3, -0.25) is 0 Å². The Labute approximate surface area is 208 Å². The summed E-state index contributed by atoms with van der Waals surface area (Å²) in [6, 6.07) is 9.35. The average Bonchev–Trinajstić information content (AvgIpc) is 3.29. The summed E-state index contributed by atoms with van der Waals surface area (Å²) in [5.74, 6) is 2.15. The van der Waals surface area contributed by atoms with Crippen LogP contribution in [0.4, 0.5) is 13.6 Å². The summed E-state index contributed by atoms with van der Waals surface area (Å²) in [7, 11) is -5.34. The van der Waals surface area contributed by atoms with Gasteiger partial charge in [0, 0.05) is 16.5 Å². The number of alkyl carbamates (subject to hydrolysis) is 1. The maximum Gasteiger partial charge on any atom is 0.407 e. The van der Waals surface area contributed by atoms with E-state index in [1.54, 1.807) is 4.90 Å². The molecule has 0 bridgehead atoms. The molecule has 1 aliphatic rings. The first-order valence-electron chi connectivity index (χ1n) is 10.9. The van der Waals surface area contributed by atoms with Crippen molar-refractivity contribution in [1.82, 2.24) is 5.32 Å². The third-order valence-corrected chi connectivity index (χ3v) is 8.13. The highest BCUT2D eigenvalue weighted by atomic mass is 32.2. The van der Waals surface area contributed by atoms with E-state index in [0.29, 0.717) is 10.9 Å². The molecule has 12 heteroatoms. The van der Waals surface area contributed by atoms with Gasteiger partial charge in [-0.15, -0.1) is 0 Å². The molecule has 0 atom stereocenters. The molecule has 0 aromatic heterocycles. The molecule has 35 heavy (non-hydrogen) atoms. The van der Waals surface area contributed by atoms with Crippen molar-refractivity contribution in [2.24, 2.45) is 0 Å².